The number of piperidine rings is 1. The first-order chi connectivity index (χ1) is 7.43. The van der Waals surface area contributed by atoms with Gasteiger partial charge < -0.3 is 9.80 Å². The van der Waals surface area contributed by atoms with E-state index < -0.39 is 0 Å². The van der Waals surface area contributed by atoms with Gasteiger partial charge in [-0.1, -0.05) is 13.8 Å². The zero-order chi connectivity index (χ0) is 12.3. The third-order valence-electron chi connectivity index (χ3n) is 3.83. The van der Waals surface area contributed by atoms with E-state index in [-0.39, 0.29) is 12.1 Å². The van der Waals surface area contributed by atoms with Crippen molar-refractivity contribution >= 4 is 6.03 Å². The van der Waals surface area contributed by atoms with Gasteiger partial charge in [-0.3, -0.25) is 0 Å². The largest absolute Gasteiger partial charge is 0.325 e. The van der Waals surface area contributed by atoms with Crippen LogP contribution in [0.3, 0.4) is 0 Å². The van der Waals surface area contributed by atoms with Crippen molar-refractivity contribution in [2.45, 2.75) is 46.6 Å². The molecule has 16 heavy (non-hydrogen) atoms. The third-order valence-corrected chi connectivity index (χ3v) is 3.83. The highest BCUT2D eigenvalue weighted by atomic mass is 16.2. The molecule has 0 aliphatic carbocycles. The molecule has 0 bridgehead atoms. The standard InChI is InChI=1S/C13H26N2O/c1-10(2)12-6-8-15(9-7-12)13(16)14(5)11(3)4/h10-12H,6-9H2,1-5H3. The summed E-state index contributed by atoms with van der Waals surface area (Å²) in [5.74, 6) is 1.55. The molecule has 3 nitrogen and oxygen atoms in total. The van der Waals surface area contributed by atoms with Gasteiger partial charge in [0.1, 0.15) is 0 Å². The van der Waals surface area contributed by atoms with E-state index in [0.29, 0.717) is 0 Å². The molecule has 1 heterocycles. The number of rotatable bonds is 2. The van der Waals surface area contributed by atoms with Crippen LogP contribution in [-0.4, -0.2) is 42.0 Å². The molecule has 0 aromatic heterocycles. The lowest BCUT2D eigenvalue weighted by Crippen LogP contribution is -2.47. The third kappa shape index (κ3) is 3.13. The van der Waals surface area contributed by atoms with Crippen LogP contribution in [0.2, 0.25) is 0 Å². The fourth-order valence-corrected chi connectivity index (χ4v) is 2.20. The van der Waals surface area contributed by atoms with E-state index in [1.54, 1.807) is 0 Å². The number of amides is 2. The highest BCUT2D eigenvalue weighted by Gasteiger charge is 2.26. The van der Waals surface area contributed by atoms with E-state index in [4.69, 9.17) is 0 Å². The maximum atomic E-state index is 12.1. The number of urea groups is 1. The Bertz CT molecular complexity index is 230. The molecule has 0 aromatic carbocycles. The fourth-order valence-electron chi connectivity index (χ4n) is 2.20. The summed E-state index contributed by atoms with van der Waals surface area (Å²) in [6, 6.07) is 0.479. The zero-order valence-electron chi connectivity index (χ0n) is 11.4. The second kappa shape index (κ2) is 5.55. The van der Waals surface area contributed by atoms with Gasteiger partial charge in [-0.25, -0.2) is 4.79 Å². The predicted molar refractivity (Wildman–Crippen MR) is 67.4 cm³/mol. The molecule has 1 aliphatic rings. The maximum Gasteiger partial charge on any atom is 0.319 e. The Morgan fingerprint density at radius 1 is 1.19 bits per heavy atom. The van der Waals surface area contributed by atoms with Gasteiger partial charge >= 0.3 is 6.03 Å². The van der Waals surface area contributed by atoms with Gasteiger partial charge in [0, 0.05) is 26.2 Å². The van der Waals surface area contributed by atoms with E-state index in [1.165, 1.54) is 0 Å². The molecular formula is C13H26N2O. The molecule has 2 amide bonds. The van der Waals surface area contributed by atoms with Crippen LogP contribution >= 0.6 is 0 Å². The average Bonchev–Trinajstić information content (AvgIpc) is 2.27. The average molecular weight is 226 g/mol. The van der Waals surface area contributed by atoms with Crippen molar-refractivity contribution in [3.63, 3.8) is 0 Å². The Morgan fingerprint density at radius 2 is 1.69 bits per heavy atom. The van der Waals surface area contributed by atoms with Crippen LogP contribution < -0.4 is 0 Å². The molecule has 0 saturated carbocycles. The summed E-state index contributed by atoms with van der Waals surface area (Å²) in [4.78, 5) is 15.9. The predicted octanol–water partition coefficient (Wildman–Crippen LogP) is 2.81. The molecule has 0 spiro atoms. The Labute approximate surface area is 99.8 Å². The molecule has 0 radical (unpaired) electrons. The first kappa shape index (κ1) is 13.3. The van der Waals surface area contributed by atoms with Gasteiger partial charge in [-0.15, -0.1) is 0 Å². The number of hydrogen-bond acceptors (Lipinski definition) is 1. The van der Waals surface area contributed by atoms with Crippen LogP contribution in [0.15, 0.2) is 0 Å². The van der Waals surface area contributed by atoms with Crippen LogP contribution in [0.25, 0.3) is 0 Å². The highest BCUT2D eigenvalue weighted by Crippen LogP contribution is 2.24. The molecular weight excluding hydrogens is 200 g/mol. The van der Waals surface area contributed by atoms with E-state index in [0.717, 1.165) is 37.8 Å². The van der Waals surface area contributed by atoms with Gasteiger partial charge in [-0.2, -0.15) is 0 Å². The number of carbonyl (C=O) groups is 1. The van der Waals surface area contributed by atoms with Gasteiger partial charge in [0.25, 0.3) is 0 Å². The Balaban J connectivity index is 2.45. The number of hydrogen-bond donors (Lipinski definition) is 0. The lowest BCUT2D eigenvalue weighted by molar-refractivity contribution is 0.123. The summed E-state index contributed by atoms with van der Waals surface area (Å²) in [6.45, 7) is 10.5. The summed E-state index contributed by atoms with van der Waals surface area (Å²) < 4.78 is 0. The lowest BCUT2D eigenvalue weighted by atomic mass is 9.87. The van der Waals surface area contributed by atoms with Crippen molar-refractivity contribution in [1.82, 2.24) is 9.80 Å². The summed E-state index contributed by atoms with van der Waals surface area (Å²) >= 11 is 0. The Kier molecular flexibility index (Phi) is 4.63. The molecule has 1 aliphatic heterocycles. The summed E-state index contributed by atoms with van der Waals surface area (Å²) in [5, 5.41) is 0. The molecule has 0 aromatic rings. The van der Waals surface area contributed by atoms with Gasteiger partial charge in [0.05, 0.1) is 0 Å². The first-order valence-corrected chi connectivity index (χ1v) is 6.45. The molecule has 1 fully saturated rings. The molecule has 3 heteroatoms. The van der Waals surface area contributed by atoms with E-state index in [1.807, 2.05) is 16.8 Å². The smallest absolute Gasteiger partial charge is 0.319 e. The van der Waals surface area contributed by atoms with Crippen LogP contribution in [0.5, 0.6) is 0 Å². The van der Waals surface area contributed by atoms with Gasteiger partial charge in [0.2, 0.25) is 0 Å². The van der Waals surface area contributed by atoms with E-state index in [9.17, 15) is 4.79 Å². The lowest BCUT2D eigenvalue weighted by Gasteiger charge is -2.37. The van der Waals surface area contributed by atoms with Crippen molar-refractivity contribution < 1.29 is 4.79 Å². The minimum atomic E-state index is 0.192. The second-order valence-electron chi connectivity index (χ2n) is 5.56. The fraction of sp³-hybridized carbons (Fsp3) is 0.923. The van der Waals surface area contributed by atoms with Crippen molar-refractivity contribution in [1.29, 1.82) is 0 Å². The normalized spacial score (nSPS) is 18.3. The SMILES string of the molecule is CC(C)C1CCN(C(=O)N(C)C(C)C)CC1. The van der Waals surface area contributed by atoms with Crippen molar-refractivity contribution in [3.8, 4) is 0 Å². The van der Waals surface area contributed by atoms with E-state index in [2.05, 4.69) is 27.7 Å². The number of carbonyl (C=O) groups excluding carboxylic acids is 1. The number of nitrogens with zero attached hydrogens (tertiary/aromatic N) is 2. The topological polar surface area (TPSA) is 23.6 Å². The van der Waals surface area contributed by atoms with Gasteiger partial charge in [0.15, 0.2) is 0 Å². The first-order valence-electron chi connectivity index (χ1n) is 6.45. The van der Waals surface area contributed by atoms with Crippen LogP contribution in [0, 0.1) is 11.8 Å². The molecule has 1 rings (SSSR count). The maximum absolute atomic E-state index is 12.1. The summed E-state index contributed by atoms with van der Waals surface area (Å²) in [6.07, 6.45) is 2.32. The molecule has 0 N–H and O–H groups in total. The molecule has 0 atom stereocenters. The zero-order valence-corrected chi connectivity index (χ0v) is 11.4. The van der Waals surface area contributed by atoms with Crippen LogP contribution in [0.1, 0.15) is 40.5 Å². The van der Waals surface area contributed by atoms with Gasteiger partial charge in [-0.05, 0) is 38.5 Å². The number of likely N-dealkylation sites (tertiary alicyclic amines) is 1. The van der Waals surface area contributed by atoms with Crippen molar-refractivity contribution in [2.75, 3.05) is 20.1 Å². The highest BCUT2D eigenvalue weighted by molar-refractivity contribution is 5.74. The molecule has 1 saturated heterocycles. The van der Waals surface area contributed by atoms with Crippen LogP contribution in [-0.2, 0) is 0 Å². The minimum absolute atomic E-state index is 0.192. The Hall–Kier alpha value is -0.730. The molecule has 94 valence electrons. The summed E-state index contributed by atoms with van der Waals surface area (Å²) in [5.41, 5.74) is 0. The van der Waals surface area contributed by atoms with E-state index >= 15 is 0 Å². The summed E-state index contributed by atoms with van der Waals surface area (Å²) in [7, 11) is 1.89. The monoisotopic (exact) mass is 226 g/mol. The Morgan fingerprint density at radius 3 is 2.06 bits per heavy atom. The molecule has 0 unspecified atom stereocenters. The minimum Gasteiger partial charge on any atom is -0.325 e. The van der Waals surface area contributed by atoms with Crippen LogP contribution in [0.4, 0.5) is 4.79 Å². The van der Waals surface area contributed by atoms with Crippen molar-refractivity contribution in [2.24, 2.45) is 11.8 Å². The quantitative estimate of drug-likeness (QED) is 0.710. The second-order valence-corrected chi connectivity index (χ2v) is 5.56. The van der Waals surface area contributed by atoms with Crippen molar-refractivity contribution in [3.05, 3.63) is 0 Å².